The van der Waals surface area contributed by atoms with Crippen molar-refractivity contribution in [2.75, 3.05) is 5.32 Å². The lowest BCUT2D eigenvalue weighted by Crippen LogP contribution is -2.12. The van der Waals surface area contributed by atoms with Gasteiger partial charge in [-0.05, 0) is 24.1 Å². The summed E-state index contributed by atoms with van der Waals surface area (Å²) < 4.78 is 29.2. The van der Waals surface area contributed by atoms with E-state index in [4.69, 9.17) is 0 Å². The van der Waals surface area contributed by atoms with Crippen molar-refractivity contribution in [3.8, 4) is 11.3 Å². The van der Waals surface area contributed by atoms with E-state index in [2.05, 4.69) is 15.4 Å². The zero-order chi connectivity index (χ0) is 17.1. The number of nitrogens with zero attached hydrogens (tertiary/aromatic N) is 3. The van der Waals surface area contributed by atoms with Crippen LogP contribution in [0, 0.1) is 11.6 Å². The molecular formula is C16H14F2N4OS. The quantitative estimate of drug-likeness (QED) is 0.769. The van der Waals surface area contributed by atoms with Gasteiger partial charge in [-0.25, -0.2) is 13.8 Å². The number of carbonyl (C=O) groups excluding carboxylic acids is 1. The predicted octanol–water partition coefficient (Wildman–Crippen LogP) is 3.39. The molecule has 2 aromatic heterocycles. The minimum atomic E-state index is -0.685. The molecule has 1 N–H and O–H groups in total. The summed E-state index contributed by atoms with van der Waals surface area (Å²) in [6.07, 6.45) is 4.37. The van der Waals surface area contributed by atoms with E-state index in [9.17, 15) is 13.6 Å². The Morgan fingerprint density at radius 3 is 2.75 bits per heavy atom. The van der Waals surface area contributed by atoms with E-state index in [1.54, 1.807) is 10.9 Å². The van der Waals surface area contributed by atoms with Crippen LogP contribution in [0.4, 0.5) is 13.9 Å². The molecule has 3 rings (SSSR count). The lowest BCUT2D eigenvalue weighted by molar-refractivity contribution is -0.116. The Hall–Kier alpha value is -2.61. The van der Waals surface area contributed by atoms with Gasteiger partial charge in [0.25, 0.3) is 0 Å². The van der Waals surface area contributed by atoms with Crippen LogP contribution >= 0.6 is 11.3 Å². The largest absolute Gasteiger partial charge is 0.302 e. The summed E-state index contributed by atoms with van der Waals surface area (Å²) in [6.45, 7) is 0. The highest BCUT2D eigenvalue weighted by Crippen LogP contribution is 2.29. The highest BCUT2D eigenvalue weighted by molar-refractivity contribution is 7.14. The van der Waals surface area contributed by atoms with Gasteiger partial charge in [0.15, 0.2) is 5.13 Å². The molecule has 0 aliphatic rings. The van der Waals surface area contributed by atoms with Crippen LogP contribution in [-0.2, 0) is 18.3 Å². The van der Waals surface area contributed by atoms with Crippen LogP contribution in [0.5, 0.6) is 0 Å². The Bertz CT molecular complexity index is 854. The topological polar surface area (TPSA) is 59.8 Å². The zero-order valence-corrected chi connectivity index (χ0v) is 13.6. The number of hydrogen-bond donors (Lipinski definition) is 1. The monoisotopic (exact) mass is 348 g/mol. The summed E-state index contributed by atoms with van der Waals surface area (Å²) in [4.78, 5) is 16.0. The van der Waals surface area contributed by atoms with Crippen molar-refractivity contribution >= 4 is 22.4 Å². The van der Waals surface area contributed by atoms with Crippen molar-refractivity contribution in [1.82, 2.24) is 14.8 Å². The molecule has 0 fully saturated rings. The van der Waals surface area contributed by atoms with Crippen molar-refractivity contribution < 1.29 is 13.6 Å². The van der Waals surface area contributed by atoms with Gasteiger partial charge in [-0.1, -0.05) is 6.07 Å². The van der Waals surface area contributed by atoms with Gasteiger partial charge in [-0.15, -0.1) is 11.3 Å². The molecule has 0 aliphatic heterocycles. The maximum atomic E-state index is 13.7. The van der Waals surface area contributed by atoms with Gasteiger partial charge < -0.3 is 5.32 Å². The Labute approximate surface area is 141 Å². The van der Waals surface area contributed by atoms with E-state index >= 15 is 0 Å². The maximum absolute atomic E-state index is 13.7. The van der Waals surface area contributed by atoms with Crippen molar-refractivity contribution in [2.45, 2.75) is 12.8 Å². The minimum Gasteiger partial charge on any atom is -0.302 e. The van der Waals surface area contributed by atoms with Crippen LogP contribution < -0.4 is 5.32 Å². The van der Waals surface area contributed by atoms with Crippen molar-refractivity contribution in [3.05, 3.63) is 53.2 Å². The molecule has 0 saturated carbocycles. The Morgan fingerprint density at radius 1 is 1.33 bits per heavy atom. The number of nitrogens with one attached hydrogen (secondary N) is 1. The molecule has 0 saturated heterocycles. The third-order valence-corrected chi connectivity index (χ3v) is 4.13. The van der Waals surface area contributed by atoms with E-state index < -0.39 is 11.6 Å². The standard InChI is InChI=1S/C16H14F2N4OS/c1-22-8-10(7-19-22)5-6-14(23)21-16-20-13(9-24-16)15-11(17)3-2-4-12(15)18/h2-4,7-9H,5-6H2,1H3,(H,20,21,23). The number of carbonyl (C=O) groups is 1. The van der Waals surface area contributed by atoms with Gasteiger partial charge in [0, 0.05) is 25.0 Å². The van der Waals surface area contributed by atoms with Gasteiger partial charge >= 0.3 is 0 Å². The average Bonchev–Trinajstić information content (AvgIpc) is 3.14. The normalized spacial score (nSPS) is 10.8. The number of thiazole rings is 1. The third kappa shape index (κ3) is 3.65. The van der Waals surface area contributed by atoms with Gasteiger partial charge in [0.2, 0.25) is 5.91 Å². The number of amides is 1. The number of anilines is 1. The first-order valence-electron chi connectivity index (χ1n) is 7.20. The molecule has 0 aliphatic carbocycles. The first-order chi connectivity index (χ1) is 11.5. The number of aromatic nitrogens is 3. The predicted molar refractivity (Wildman–Crippen MR) is 87.6 cm³/mol. The van der Waals surface area contributed by atoms with Crippen LogP contribution in [0.3, 0.4) is 0 Å². The molecule has 0 spiro atoms. The molecule has 5 nitrogen and oxygen atoms in total. The number of hydrogen-bond acceptors (Lipinski definition) is 4. The highest BCUT2D eigenvalue weighted by Gasteiger charge is 2.15. The first-order valence-corrected chi connectivity index (χ1v) is 8.08. The maximum Gasteiger partial charge on any atom is 0.226 e. The van der Waals surface area contributed by atoms with Crippen LogP contribution in [0.2, 0.25) is 0 Å². The van der Waals surface area contributed by atoms with E-state index in [0.717, 1.165) is 16.9 Å². The van der Waals surface area contributed by atoms with Crippen molar-refractivity contribution in [2.24, 2.45) is 7.05 Å². The van der Waals surface area contributed by atoms with E-state index in [1.165, 1.54) is 23.6 Å². The molecule has 1 aromatic carbocycles. The molecule has 0 bridgehead atoms. The Kier molecular flexibility index (Phi) is 4.66. The molecule has 24 heavy (non-hydrogen) atoms. The van der Waals surface area contributed by atoms with Gasteiger partial charge in [0.1, 0.15) is 11.6 Å². The van der Waals surface area contributed by atoms with Crippen LogP contribution in [-0.4, -0.2) is 20.7 Å². The number of halogens is 2. The highest BCUT2D eigenvalue weighted by atomic mass is 32.1. The second-order valence-electron chi connectivity index (χ2n) is 5.20. The lowest BCUT2D eigenvalue weighted by atomic mass is 10.1. The smallest absolute Gasteiger partial charge is 0.226 e. The minimum absolute atomic E-state index is 0.165. The number of aryl methyl sites for hydroxylation is 2. The fraction of sp³-hybridized carbons (Fsp3) is 0.188. The molecule has 0 radical (unpaired) electrons. The summed E-state index contributed by atoms with van der Waals surface area (Å²) >= 11 is 1.12. The second kappa shape index (κ2) is 6.88. The van der Waals surface area contributed by atoms with E-state index in [1.807, 2.05) is 13.2 Å². The zero-order valence-electron chi connectivity index (χ0n) is 12.8. The van der Waals surface area contributed by atoms with Crippen LogP contribution in [0.15, 0.2) is 36.0 Å². The Balaban J connectivity index is 1.64. The molecule has 0 unspecified atom stereocenters. The third-order valence-electron chi connectivity index (χ3n) is 3.37. The van der Waals surface area contributed by atoms with Gasteiger partial charge in [-0.3, -0.25) is 9.48 Å². The first kappa shape index (κ1) is 16.3. The molecule has 8 heteroatoms. The molecule has 2 heterocycles. The van der Waals surface area contributed by atoms with Crippen LogP contribution in [0.25, 0.3) is 11.3 Å². The fourth-order valence-electron chi connectivity index (χ4n) is 2.23. The summed E-state index contributed by atoms with van der Waals surface area (Å²) in [5.74, 6) is -1.58. The average molecular weight is 348 g/mol. The van der Waals surface area contributed by atoms with Crippen molar-refractivity contribution in [1.29, 1.82) is 0 Å². The summed E-state index contributed by atoms with van der Waals surface area (Å²) in [5.41, 5.74) is 0.934. The number of rotatable bonds is 5. The Morgan fingerprint density at radius 2 is 2.08 bits per heavy atom. The summed E-state index contributed by atoms with van der Waals surface area (Å²) in [6, 6.07) is 3.63. The molecule has 124 valence electrons. The molecule has 3 aromatic rings. The van der Waals surface area contributed by atoms with Crippen molar-refractivity contribution in [3.63, 3.8) is 0 Å². The lowest BCUT2D eigenvalue weighted by Gasteiger charge is -2.02. The second-order valence-corrected chi connectivity index (χ2v) is 6.06. The summed E-state index contributed by atoms with van der Waals surface area (Å²) in [5, 5.41) is 8.50. The molecule has 0 atom stereocenters. The van der Waals surface area contributed by atoms with Gasteiger partial charge in [-0.2, -0.15) is 5.10 Å². The van der Waals surface area contributed by atoms with E-state index in [0.29, 0.717) is 11.6 Å². The van der Waals surface area contributed by atoms with Gasteiger partial charge in [0.05, 0.1) is 17.5 Å². The van der Waals surface area contributed by atoms with Crippen LogP contribution in [0.1, 0.15) is 12.0 Å². The molecular weight excluding hydrogens is 334 g/mol. The number of benzene rings is 1. The fourth-order valence-corrected chi connectivity index (χ4v) is 2.95. The molecule has 1 amide bonds. The van der Waals surface area contributed by atoms with E-state index in [-0.39, 0.29) is 23.6 Å². The summed E-state index contributed by atoms with van der Waals surface area (Å²) in [7, 11) is 1.81. The SMILES string of the molecule is Cn1cc(CCC(=O)Nc2nc(-c3c(F)cccc3F)cs2)cn1.